The summed E-state index contributed by atoms with van der Waals surface area (Å²) in [5.41, 5.74) is 5.17. The van der Waals surface area contributed by atoms with Crippen LogP contribution in [0.3, 0.4) is 0 Å². The number of halogens is 2. The lowest BCUT2D eigenvalue weighted by Crippen LogP contribution is -2.09. The van der Waals surface area contributed by atoms with Crippen molar-refractivity contribution in [1.82, 2.24) is 0 Å². The highest BCUT2D eigenvalue weighted by atomic mass is 19.1. The third kappa shape index (κ3) is 7.57. The standard InChI is InChI=1S/C41H24F2N2O4/c42-38-22-34(17-19-36(38)30-9-5-28(24-44)6-10-30)48-40(46)32-13-1-26(2-14-32)21-27-3-15-33(16-4-27)41(47)49-35-18-20-37(39(43)23-35)31-11-7-29(25-45)8-12-31/h1-20,22-23H,21H2. The molecule has 49 heavy (non-hydrogen) atoms. The number of carbonyl (C=O) groups is 2. The minimum Gasteiger partial charge on any atom is -0.423 e. The predicted molar refractivity (Wildman–Crippen MR) is 179 cm³/mol. The van der Waals surface area contributed by atoms with Gasteiger partial charge in [0, 0.05) is 23.3 Å². The van der Waals surface area contributed by atoms with Crippen LogP contribution in [-0.2, 0) is 6.42 Å². The van der Waals surface area contributed by atoms with Crippen LogP contribution in [0.1, 0.15) is 43.0 Å². The molecule has 6 nitrogen and oxygen atoms in total. The molecule has 0 radical (unpaired) electrons. The number of carbonyl (C=O) groups excluding carboxylic acids is 2. The van der Waals surface area contributed by atoms with E-state index in [0.29, 0.717) is 50.9 Å². The van der Waals surface area contributed by atoms with Crippen molar-refractivity contribution in [3.8, 4) is 45.9 Å². The third-order valence-corrected chi connectivity index (χ3v) is 7.74. The molecule has 0 heterocycles. The molecule has 236 valence electrons. The topological polar surface area (TPSA) is 100 Å². The zero-order chi connectivity index (χ0) is 34.3. The van der Waals surface area contributed by atoms with E-state index in [1.54, 1.807) is 97.1 Å². The zero-order valence-electron chi connectivity index (χ0n) is 25.7. The average molecular weight is 647 g/mol. The van der Waals surface area contributed by atoms with E-state index in [9.17, 15) is 18.4 Å². The Labute approximate surface area is 280 Å². The van der Waals surface area contributed by atoms with Crippen molar-refractivity contribution in [2.24, 2.45) is 0 Å². The van der Waals surface area contributed by atoms with E-state index in [0.717, 1.165) is 23.3 Å². The summed E-state index contributed by atoms with van der Waals surface area (Å²) in [6, 6.07) is 39.0. The molecule has 6 aromatic carbocycles. The summed E-state index contributed by atoms with van der Waals surface area (Å²) < 4.78 is 40.4. The fourth-order valence-electron chi connectivity index (χ4n) is 5.12. The minimum absolute atomic E-state index is 0.0628. The molecule has 0 unspecified atom stereocenters. The van der Waals surface area contributed by atoms with Crippen molar-refractivity contribution in [3.05, 3.63) is 178 Å². The molecular weight excluding hydrogens is 622 g/mol. The summed E-state index contributed by atoms with van der Waals surface area (Å²) >= 11 is 0. The van der Waals surface area contributed by atoms with Gasteiger partial charge in [-0.05, 0) is 101 Å². The van der Waals surface area contributed by atoms with Crippen LogP contribution in [0, 0.1) is 34.3 Å². The van der Waals surface area contributed by atoms with Crippen LogP contribution in [0.25, 0.3) is 22.3 Å². The first kappa shape index (κ1) is 32.1. The molecule has 0 atom stereocenters. The molecule has 0 aromatic heterocycles. The van der Waals surface area contributed by atoms with E-state index in [2.05, 4.69) is 0 Å². The summed E-state index contributed by atoms with van der Waals surface area (Å²) in [7, 11) is 0. The second-order valence-corrected chi connectivity index (χ2v) is 11.0. The van der Waals surface area contributed by atoms with Crippen LogP contribution in [0.15, 0.2) is 133 Å². The molecule has 0 fully saturated rings. The number of benzene rings is 6. The lowest BCUT2D eigenvalue weighted by molar-refractivity contribution is 0.0724. The molecule has 8 heteroatoms. The Kier molecular flexibility index (Phi) is 9.32. The minimum atomic E-state index is -0.635. The number of ether oxygens (including phenoxy) is 2. The van der Waals surface area contributed by atoms with Gasteiger partial charge in [0.05, 0.1) is 34.4 Å². The van der Waals surface area contributed by atoms with Gasteiger partial charge in [-0.15, -0.1) is 0 Å². The lowest BCUT2D eigenvalue weighted by Gasteiger charge is -2.09. The first-order valence-electron chi connectivity index (χ1n) is 15.0. The Balaban J connectivity index is 1.03. The highest BCUT2D eigenvalue weighted by molar-refractivity contribution is 5.92. The third-order valence-electron chi connectivity index (χ3n) is 7.74. The second-order valence-electron chi connectivity index (χ2n) is 11.0. The summed E-state index contributed by atoms with van der Waals surface area (Å²) in [5, 5.41) is 17.9. The Hall–Kier alpha value is -6.90. The maximum absolute atomic E-state index is 14.8. The Morgan fingerprint density at radius 2 is 0.878 bits per heavy atom. The summed E-state index contributed by atoms with van der Waals surface area (Å²) in [6.07, 6.45) is 0.523. The van der Waals surface area contributed by atoms with Gasteiger partial charge in [0.15, 0.2) is 0 Å². The van der Waals surface area contributed by atoms with Gasteiger partial charge in [-0.2, -0.15) is 10.5 Å². The number of nitriles is 2. The second kappa shape index (κ2) is 14.3. The van der Waals surface area contributed by atoms with E-state index >= 15 is 0 Å². The van der Waals surface area contributed by atoms with Crippen LogP contribution >= 0.6 is 0 Å². The highest BCUT2D eigenvalue weighted by Crippen LogP contribution is 2.28. The van der Waals surface area contributed by atoms with Crippen molar-refractivity contribution in [1.29, 1.82) is 10.5 Å². The molecule has 0 bridgehead atoms. The van der Waals surface area contributed by atoms with E-state index in [1.165, 1.54) is 24.3 Å². The van der Waals surface area contributed by atoms with Crippen LogP contribution in [0.5, 0.6) is 11.5 Å². The number of esters is 2. The Morgan fingerprint density at radius 1 is 0.510 bits per heavy atom. The summed E-state index contributed by atoms with van der Waals surface area (Å²) in [6.45, 7) is 0. The van der Waals surface area contributed by atoms with Crippen molar-refractivity contribution in [2.75, 3.05) is 0 Å². The van der Waals surface area contributed by atoms with Gasteiger partial charge in [0.1, 0.15) is 23.1 Å². The van der Waals surface area contributed by atoms with Gasteiger partial charge in [-0.3, -0.25) is 0 Å². The van der Waals surface area contributed by atoms with E-state index in [-0.39, 0.29) is 11.5 Å². The first-order chi connectivity index (χ1) is 23.8. The van der Waals surface area contributed by atoms with Crippen LogP contribution in [0.2, 0.25) is 0 Å². The Bertz CT molecular complexity index is 2090. The molecule has 6 rings (SSSR count). The number of hydrogen-bond acceptors (Lipinski definition) is 6. The monoisotopic (exact) mass is 646 g/mol. The van der Waals surface area contributed by atoms with Crippen molar-refractivity contribution in [2.45, 2.75) is 6.42 Å². The van der Waals surface area contributed by atoms with Gasteiger partial charge in [-0.25, -0.2) is 18.4 Å². The number of nitrogens with zero attached hydrogens (tertiary/aromatic N) is 2. The molecule has 0 saturated heterocycles. The van der Waals surface area contributed by atoms with E-state index < -0.39 is 23.6 Å². The molecule has 0 aliphatic heterocycles. The molecule has 6 aromatic rings. The highest BCUT2D eigenvalue weighted by Gasteiger charge is 2.14. The van der Waals surface area contributed by atoms with Crippen molar-refractivity contribution < 1.29 is 27.8 Å². The molecule has 0 N–H and O–H groups in total. The quantitative estimate of drug-likeness (QED) is 0.121. The fourth-order valence-corrected chi connectivity index (χ4v) is 5.12. The zero-order valence-corrected chi connectivity index (χ0v) is 25.7. The molecule has 0 aliphatic carbocycles. The largest absolute Gasteiger partial charge is 0.423 e. The van der Waals surface area contributed by atoms with Crippen LogP contribution in [0.4, 0.5) is 8.78 Å². The maximum atomic E-state index is 14.8. The van der Waals surface area contributed by atoms with Crippen molar-refractivity contribution in [3.63, 3.8) is 0 Å². The molecule has 0 aliphatic rings. The van der Waals surface area contributed by atoms with Crippen molar-refractivity contribution >= 4 is 11.9 Å². The molecule has 0 spiro atoms. The Morgan fingerprint density at radius 3 is 1.20 bits per heavy atom. The van der Waals surface area contributed by atoms with E-state index in [4.69, 9.17) is 20.0 Å². The maximum Gasteiger partial charge on any atom is 0.343 e. The molecule has 0 amide bonds. The van der Waals surface area contributed by atoms with Gasteiger partial charge < -0.3 is 9.47 Å². The number of rotatable bonds is 8. The fraction of sp³-hybridized carbons (Fsp3) is 0.0244. The normalized spacial score (nSPS) is 10.4. The van der Waals surface area contributed by atoms with Crippen LogP contribution < -0.4 is 9.47 Å². The van der Waals surface area contributed by atoms with Gasteiger partial charge >= 0.3 is 11.9 Å². The van der Waals surface area contributed by atoms with Crippen LogP contribution in [-0.4, -0.2) is 11.9 Å². The predicted octanol–water partition coefficient (Wildman–Crippen LogP) is 9.07. The van der Waals surface area contributed by atoms with Gasteiger partial charge in [0.25, 0.3) is 0 Å². The summed E-state index contributed by atoms with van der Waals surface area (Å²) in [4.78, 5) is 25.5. The van der Waals surface area contributed by atoms with Gasteiger partial charge in [0.2, 0.25) is 0 Å². The SMILES string of the molecule is N#Cc1ccc(-c2ccc(OC(=O)c3ccc(Cc4ccc(C(=O)Oc5ccc(-c6ccc(C#N)cc6)c(F)c5)cc4)cc3)cc2F)cc1. The number of hydrogen-bond donors (Lipinski definition) is 0. The van der Waals surface area contributed by atoms with Gasteiger partial charge in [-0.1, -0.05) is 48.5 Å². The molecular formula is C41H24F2N2O4. The first-order valence-corrected chi connectivity index (χ1v) is 15.0. The van der Waals surface area contributed by atoms with E-state index in [1.807, 2.05) is 12.1 Å². The lowest BCUT2D eigenvalue weighted by atomic mass is 10.0. The molecule has 0 saturated carbocycles. The summed E-state index contributed by atoms with van der Waals surface area (Å²) in [5.74, 6) is -2.27. The smallest absolute Gasteiger partial charge is 0.343 e. The average Bonchev–Trinajstić information content (AvgIpc) is 3.12.